The third-order valence-electron chi connectivity index (χ3n) is 3.48. The van der Waals surface area contributed by atoms with E-state index in [1.165, 1.54) is 0 Å². The quantitative estimate of drug-likeness (QED) is 0.505. The van der Waals surface area contributed by atoms with E-state index >= 15 is 0 Å². The Labute approximate surface area is 137 Å². The summed E-state index contributed by atoms with van der Waals surface area (Å²) in [6.45, 7) is 0.584. The molecule has 5 N–H and O–H groups in total. The fourth-order valence-electron chi connectivity index (χ4n) is 2.40. The Bertz CT molecular complexity index is 644. The highest BCUT2D eigenvalue weighted by Crippen LogP contribution is 2.12. The highest BCUT2D eigenvalue weighted by Gasteiger charge is 2.22. The van der Waals surface area contributed by atoms with Crippen molar-refractivity contribution >= 4 is 6.09 Å². The molecule has 0 spiro atoms. The lowest BCUT2D eigenvalue weighted by Gasteiger charge is -2.23. The van der Waals surface area contributed by atoms with Crippen LogP contribution >= 0.6 is 0 Å². The number of carboxylic acid groups (broad SMARTS) is 1. The second kappa shape index (κ2) is 8.42. The minimum absolute atomic E-state index is 0.0354. The van der Waals surface area contributed by atoms with Crippen LogP contribution in [0.25, 0.3) is 0 Å². The van der Waals surface area contributed by atoms with Crippen molar-refractivity contribution in [2.45, 2.75) is 25.1 Å². The maximum absolute atomic E-state index is 13.2. The van der Waals surface area contributed by atoms with Crippen LogP contribution in [-0.2, 0) is 13.0 Å². The lowest BCUT2D eigenvalue weighted by Crippen LogP contribution is -2.48. The third kappa shape index (κ3) is 5.64. The molecule has 0 aliphatic rings. The van der Waals surface area contributed by atoms with E-state index in [1.807, 2.05) is 12.1 Å². The second-order valence-electron chi connectivity index (χ2n) is 5.43. The van der Waals surface area contributed by atoms with E-state index < -0.39 is 29.9 Å². The van der Waals surface area contributed by atoms with Crippen LogP contribution < -0.4 is 10.6 Å². The van der Waals surface area contributed by atoms with Gasteiger partial charge in [-0.1, -0.05) is 0 Å². The molecule has 0 saturated heterocycles. The van der Waals surface area contributed by atoms with Crippen molar-refractivity contribution in [1.82, 2.24) is 15.6 Å². The molecule has 2 rings (SSSR count). The Hall–Kier alpha value is -2.45. The predicted molar refractivity (Wildman–Crippen MR) is 83.5 cm³/mol. The number of hydrogen-bond donors (Lipinski definition) is 5. The monoisotopic (exact) mass is 339 g/mol. The van der Waals surface area contributed by atoms with Crippen LogP contribution in [0.1, 0.15) is 11.3 Å². The molecule has 8 heteroatoms. The van der Waals surface area contributed by atoms with E-state index in [4.69, 9.17) is 5.11 Å². The van der Waals surface area contributed by atoms with Crippen LogP contribution in [0.4, 0.5) is 13.6 Å². The maximum atomic E-state index is 13.2. The van der Waals surface area contributed by atoms with Gasteiger partial charge in [0, 0.05) is 31.0 Å². The first-order valence-corrected chi connectivity index (χ1v) is 7.39. The average molecular weight is 339 g/mol. The van der Waals surface area contributed by atoms with E-state index in [2.05, 4.69) is 15.6 Å². The average Bonchev–Trinajstić information content (AvgIpc) is 2.98. The number of H-pyrrole nitrogens is 1. The zero-order valence-corrected chi connectivity index (χ0v) is 12.8. The van der Waals surface area contributed by atoms with E-state index in [9.17, 15) is 18.7 Å². The first-order valence-electron chi connectivity index (χ1n) is 7.39. The van der Waals surface area contributed by atoms with Gasteiger partial charge in [0.15, 0.2) is 0 Å². The molecular formula is C16H19F2N3O3. The van der Waals surface area contributed by atoms with Crippen LogP contribution in [0.3, 0.4) is 0 Å². The highest BCUT2D eigenvalue weighted by atomic mass is 19.1. The molecule has 2 aromatic rings. The fraction of sp³-hybridized carbons (Fsp3) is 0.312. The Morgan fingerprint density at radius 2 is 1.96 bits per heavy atom. The van der Waals surface area contributed by atoms with Crippen molar-refractivity contribution in [1.29, 1.82) is 0 Å². The zero-order valence-electron chi connectivity index (χ0n) is 12.8. The van der Waals surface area contributed by atoms with Gasteiger partial charge in [-0.25, -0.2) is 13.6 Å². The fourth-order valence-corrected chi connectivity index (χ4v) is 2.40. The predicted octanol–water partition coefficient (Wildman–Crippen LogP) is 1.62. The number of aliphatic hydroxyl groups excluding tert-OH is 1. The molecule has 1 aromatic carbocycles. The molecule has 0 unspecified atom stereocenters. The largest absolute Gasteiger partial charge is 0.465 e. The van der Waals surface area contributed by atoms with Crippen LogP contribution in [0.15, 0.2) is 36.5 Å². The number of halogens is 2. The van der Waals surface area contributed by atoms with Crippen molar-refractivity contribution < 1.29 is 23.8 Å². The number of carbonyl (C=O) groups is 1. The molecule has 6 nitrogen and oxygen atoms in total. The van der Waals surface area contributed by atoms with Gasteiger partial charge in [-0.2, -0.15) is 0 Å². The first-order chi connectivity index (χ1) is 11.4. The molecule has 1 amide bonds. The van der Waals surface area contributed by atoms with E-state index in [-0.39, 0.29) is 18.5 Å². The maximum Gasteiger partial charge on any atom is 0.404 e. The lowest BCUT2D eigenvalue weighted by molar-refractivity contribution is 0.117. The summed E-state index contributed by atoms with van der Waals surface area (Å²) in [5, 5.41) is 24.3. The van der Waals surface area contributed by atoms with Gasteiger partial charge < -0.3 is 25.8 Å². The number of aromatic nitrogens is 1. The van der Waals surface area contributed by atoms with E-state index in [0.717, 1.165) is 23.9 Å². The molecule has 0 bridgehead atoms. The summed E-state index contributed by atoms with van der Waals surface area (Å²) in [5.41, 5.74) is 1.17. The smallest absolute Gasteiger partial charge is 0.404 e. The Kier molecular flexibility index (Phi) is 6.28. The molecule has 0 aliphatic heterocycles. The highest BCUT2D eigenvalue weighted by molar-refractivity contribution is 5.65. The summed E-state index contributed by atoms with van der Waals surface area (Å²) in [6, 6.07) is 5.75. The van der Waals surface area contributed by atoms with Crippen LogP contribution in [-0.4, -0.2) is 40.0 Å². The number of aliphatic hydroxyl groups is 1. The molecule has 130 valence electrons. The number of amides is 1. The topological polar surface area (TPSA) is 97.4 Å². The molecule has 0 radical (unpaired) electrons. The lowest BCUT2D eigenvalue weighted by atomic mass is 10.0. The van der Waals surface area contributed by atoms with Gasteiger partial charge in [0.25, 0.3) is 0 Å². The van der Waals surface area contributed by atoms with Crippen molar-refractivity contribution in [3.63, 3.8) is 0 Å². The van der Waals surface area contributed by atoms with Crippen molar-refractivity contribution in [2.24, 2.45) is 0 Å². The molecule has 2 atom stereocenters. The number of aromatic amines is 1. The van der Waals surface area contributed by atoms with Gasteiger partial charge in [0.05, 0.1) is 12.1 Å². The second-order valence-corrected chi connectivity index (χ2v) is 5.43. The van der Waals surface area contributed by atoms with Gasteiger partial charge in [0.1, 0.15) is 11.6 Å². The van der Waals surface area contributed by atoms with Gasteiger partial charge >= 0.3 is 6.09 Å². The van der Waals surface area contributed by atoms with Gasteiger partial charge in [-0.05, 0) is 36.2 Å². The molecule has 0 aliphatic carbocycles. The summed E-state index contributed by atoms with van der Waals surface area (Å²) in [4.78, 5) is 13.9. The van der Waals surface area contributed by atoms with Crippen molar-refractivity contribution in [3.05, 3.63) is 59.4 Å². The zero-order chi connectivity index (χ0) is 17.5. The molecule has 1 heterocycles. The summed E-state index contributed by atoms with van der Waals surface area (Å²) in [7, 11) is 0. The molecule has 0 saturated carbocycles. The molecule has 0 fully saturated rings. The van der Waals surface area contributed by atoms with Gasteiger partial charge in [-0.15, -0.1) is 0 Å². The number of benzene rings is 1. The van der Waals surface area contributed by atoms with E-state index in [0.29, 0.717) is 6.54 Å². The summed E-state index contributed by atoms with van der Waals surface area (Å²) < 4.78 is 26.5. The van der Waals surface area contributed by atoms with Crippen LogP contribution in [0.5, 0.6) is 0 Å². The van der Waals surface area contributed by atoms with Crippen molar-refractivity contribution in [3.8, 4) is 0 Å². The summed E-state index contributed by atoms with van der Waals surface area (Å²) >= 11 is 0. The number of hydrogen-bond acceptors (Lipinski definition) is 3. The van der Waals surface area contributed by atoms with Crippen LogP contribution in [0.2, 0.25) is 0 Å². The Morgan fingerprint density at radius 3 is 2.54 bits per heavy atom. The minimum atomic E-state index is -1.32. The number of rotatable bonds is 8. The Morgan fingerprint density at radius 1 is 1.25 bits per heavy atom. The standard InChI is InChI=1S/C16H19F2N3O3/c17-11-4-10(5-12(18)7-11)6-14(21-16(23)24)15(22)9-19-8-13-2-1-3-20-13/h1-5,7,14-15,19-22H,6,8-9H2,(H,23,24)/t14-,15-/m0/s1. The summed E-state index contributed by atoms with van der Waals surface area (Å²) in [5.74, 6) is -1.50. The van der Waals surface area contributed by atoms with E-state index in [1.54, 1.807) is 6.20 Å². The molecule has 1 aromatic heterocycles. The first kappa shape index (κ1) is 17.9. The Balaban J connectivity index is 1.96. The molecule has 24 heavy (non-hydrogen) atoms. The van der Waals surface area contributed by atoms with Gasteiger partial charge in [-0.3, -0.25) is 0 Å². The third-order valence-corrected chi connectivity index (χ3v) is 3.48. The van der Waals surface area contributed by atoms with Gasteiger partial charge in [0.2, 0.25) is 0 Å². The summed E-state index contributed by atoms with van der Waals surface area (Å²) in [6.07, 6.45) is -0.657. The molecular weight excluding hydrogens is 320 g/mol. The van der Waals surface area contributed by atoms with Crippen LogP contribution in [0, 0.1) is 11.6 Å². The normalized spacial score (nSPS) is 13.5. The SMILES string of the molecule is O=C(O)N[C@@H](Cc1cc(F)cc(F)c1)[C@@H](O)CNCc1ccc[nH]1. The minimum Gasteiger partial charge on any atom is -0.465 e. The number of nitrogens with one attached hydrogen (secondary N) is 3. The van der Waals surface area contributed by atoms with Crippen molar-refractivity contribution in [2.75, 3.05) is 6.54 Å².